The molecular formula is C25H16BrIN2O6. The third-order valence-corrected chi connectivity index (χ3v) is 6.20. The molecule has 3 aromatic carbocycles. The molecule has 0 saturated carbocycles. The van der Waals surface area contributed by atoms with Gasteiger partial charge in [-0.1, -0.05) is 15.9 Å². The van der Waals surface area contributed by atoms with Crippen LogP contribution in [0.15, 0.2) is 76.8 Å². The van der Waals surface area contributed by atoms with E-state index >= 15 is 0 Å². The Labute approximate surface area is 222 Å². The average Bonchev–Trinajstić information content (AvgIpc) is 2.84. The summed E-state index contributed by atoms with van der Waals surface area (Å²) in [5.74, 6) is -1.57. The second kappa shape index (κ2) is 10.4. The van der Waals surface area contributed by atoms with Crippen molar-refractivity contribution >= 4 is 74.1 Å². The molecule has 3 aromatic rings. The van der Waals surface area contributed by atoms with Gasteiger partial charge in [0.2, 0.25) is 0 Å². The lowest BCUT2D eigenvalue weighted by atomic mass is 10.1. The largest absolute Gasteiger partial charge is 0.497 e. The number of rotatable bonds is 5. The van der Waals surface area contributed by atoms with E-state index in [1.54, 1.807) is 60.7 Å². The van der Waals surface area contributed by atoms with Crippen LogP contribution in [0.1, 0.15) is 15.9 Å². The number of ether oxygens (including phenoxy) is 2. The minimum Gasteiger partial charge on any atom is -0.497 e. The number of carbonyl (C=O) groups is 4. The molecule has 1 fully saturated rings. The normalized spacial score (nSPS) is 14.7. The Balaban J connectivity index is 1.68. The summed E-state index contributed by atoms with van der Waals surface area (Å²) >= 11 is 5.45. The topological polar surface area (TPSA) is 102 Å². The number of methoxy groups -OCH3 is 1. The van der Waals surface area contributed by atoms with Crippen molar-refractivity contribution < 1.29 is 28.7 Å². The van der Waals surface area contributed by atoms with Gasteiger partial charge in [0.1, 0.15) is 17.1 Å². The Morgan fingerprint density at radius 3 is 2.34 bits per heavy atom. The average molecular weight is 647 g/mol. The lowest BCUT2D eigenvalue weighted by Gasteiger charge is -2.26. The summed E-state index contributed by atoms with van der Waals surface area (Å²) in [6.07, 6.45) is 1.28. The number of hydrogen-bond acceptors (Lipinski definition) is 6. The van der Waals surface area contributed by atoms with Gasteiger partial charge in [-0.15, -0.1) is 0 Å². The molecule has 0 atom stereocenters. The molecule has 0 aliphatic carbocycles. The highest BCUT2D eigenvalue weighted by Crippen LogP contribution is 2.29. The van der Waals surface area contributed by atoms with E-state index < -0.39 is 23.8 Å². The second-order valence-electron chi connectivity index (χ2n) is 7.23. The van der Waals surface area contributed by atoms with Gasteiger partial charge < -0.3 is 9.47 Å². The van der Waals surface area contributed by atoms with Crippen LogP contribution < -0.4 is 19.7 Å². The Morgan fingerprint density at radius 1 is 1.00 bits per heavy atom. The molecule has 176 valence electrons. The van der Waals surface area contributed by atoms with Crippen LogP contribution in [0.4, 0.5) is 10.5 Å². The van der Waals surface area contributed by atoms with Crippen molar-refractivity contribution in [2.45, 2.75) is 0 Å². The Bertz CT molecular complexity index is 1370. The number of nitrogens with one attached hydrogen (secondary N) is 1. The van der Waals surface area contributed by atoms with E-state index in [1.807, 2.05) is 0 Å². The van der Waals surface area contributed by atoms with Gasteiger partial charge in [-0.2, -0.15) is 0 Å². The Kier molecular flexibility index (Phi) is 7.31. The van der Waals surface area contributed by atoms with Gasteiger partial charge in [0, 0.05) is 13.6 Å². The molecule has 0 unspecified atom stereocenters. The molecule has 35 heavy (non-hydrogen) atoms. The Hall–Kier alpha value is -3.51. The third-order valence-electron chi connectivity index (χ3n) is 4.99. The van der Waals surface area contributed by atoms with E-state index in [0.717, 1.165) is 8.47 Å². The van der Waals surface area contributed by atoms with Crippen LogP contribution >= 0.6 is 38.5 Å². The van der Waals surface area contributed by atoms with Crippen molar-refractivity contribution in [3.8, 4) is 11.5 Å². The summed E-state index contributed by atoms with van der Waals surface area (Å²) in [5, 5.41) is 2.18. The number of imide groups is 2. The van der Waals surface area contributed by atoms with Gasteiger partial charge in [-0.25, -0.2) is 14.5 Å². The maximum Gasteiger partial charge on any atom is 0.343 e. The lowest BCUT2D eigenvalue weighted by Crippen LogP contribution is -2.54. The molecule has 1 N–H and O–H groups in total. The first-order chi connectivity index (χ1) is 16.8. The fraction of sp³-hybridized carbons (Fsp3) is 0.0400. The van der Waals surface area contributed by atoms with Crippen LogP contribution in [0.5, 0.6) is 11.5 Å². The van der Waals surface area contributed by atoms with Crippen molar-refractivity contribution in [3.63, 3.8) is 0 Å². The molecule has 8 nitrogen and oxygen atoms in total. The molecule has 4 amide bonds. The second-order valence-corrected chi connectivity index (χ2v) is 9.40. The first-order valence-electron chi connectivity index (χ1n) is 10.1. The van der Waals surface area contributed by atoms with Crippen LogP contribution in [0, 0.1) is 3.57 Å². The van der Waals surface area contributed by atoms with Gasteiger partial charge in [-0.3, -0.25) is 14.9 Å². The molecule has 10 heteroatoms. The maximum absolute atomic E-state index is 13.2. The van der Waals surface area contributed by atoms with Crippen LogP contribution in [0.3, 0.4) is 0 Å². The summed E-state index contributed by atoms with van der Waals surface area (Å²) < 4.78 is 12.2. The number of esters is 1. The van der Waals surface area contributed by atoms with Crippen LogP contribution in [0.2, 0.25) is 0 Å². The van der Waals surface area contributed by atoms with Crippen molar-refractivity contribution in [2.75, 3.05) is 12.0 Å². The van der Waals surface area contributed by atoms with Crippen LogP contribution in [-0.2, 0) is 9.59 Å². The van der Waals surface area contributed by atoms with E-state index in [9.17, 15) is 19.2 Å². The summed E-state index contributed by atoms with van der Waals surface area (Å²) in [6.45, 7) is 0. The number of carbonyl (C=O) groups excluding carboxylic acids is 4. The van der Waals surface area contributed by atoms with E-state index in [0.29, 0.717) is 15.9 Å². The summed E-state index contributed by atoms with van der Waals surface area (Å²) in [6, 6.07) is 17.0. The standard InChI is InChI=1S/C25H16BrIN2O6/c1-34-19-9-2-14(3-10-19)24(32)35-21-11-4-16(26)12-15(21)13-20-22(30)28-25(33)29(23(20)31)18-7-5-17(27)6-8-18/h2-13H,1H3,(H,28,30,33)/b20-13-. The summed E-state index contributed by atoms with van der Waals surface area (Å²) in [4.78, 5) is 51.7. The number of amides is 4. The van der Waals surface area contributed by atoms with Crippen molar-refractivity contribution in [3.05, 3.63) is 91.5 Å². The van der Waals surface area contributed by atoms with E-state index in [2.05, 4.69) is 43.8 Å². The molecule has 0 aromatic heterocycles. The summed E-state index contributed by atoms with van der Waals surface area (Å²) in [5.41, 5.74) is 0.598. The SMILES string of the molecule is COc1ccc(C(=O)Oc2ccc(Br)cc2/C=C2/C(=O)NC(=O)N(c3ccc(I)cc3)C2=O)cc1. The first-order valence-corrected chi connectivity index (χ1v) is 12.0. The Morgan fingerprint density at radius 2 is 1.69 bits per heavy atom. The third kappa shape index (κ3) is 5.43. The van der Waals surface area contributed by atoms with Gasteiger partial charge >= 0.3 is 12.0 Å². The van der Waals surface area contributed by atoms with E-state index in [4.69, 9.17) is 9.47 Å². The number of barbiturate groups is 1. The van der Waals surface area contributed by atoms with Gasteiger partial charge in [0.15, 0.2) is 0 Å². The number of benzene rings is 3. The molecule has 1 aliphatic rings. The molecule has 0 spiro atoms. The number of halogens is 2. The zero-order valence-corrected chi connectivity index (χ0v) is 21.8. The smallest absolute Gasteiger partial charge is 0.343 e. The lowest BCUT2D eigenvalue weighted by molar-refractivity contribution is -0.122. The first kappa shape index (κ1) is 24.6. The van der Waals surface area contributed by atoms with Crippen molar-refractivity contribution in [1.29, 1.82) is 0 Å². The molecule has 1 heterocycles. The maximum atomic E-state index is 13.2. The van der Waals surface area contributed by atoms with Crippen LogP contribution in [0.25, 0.3) is 6.08 Å². The monoisotopic (exact) mass is 646 g/mol. The molecule has 1 saturated heterocycles. The van der Waals surface area contributed by atoms with Crippen LogP contribution in [-0.4, -0.2) is 30.9 Å². The molecule has 0 bridgehead atoms. The highest BCUT2D eigenvalue weighted by atomic mass is 127. The van der Waals surface area contributed by atoms with E-state index in [1.165, 1.54) is 19.3 Å². The summed E-state index contributed by atoms with van der Waals surface area (Å²) in [7, 11) is 1.52. The van der Waals surface area contributed by atoms with E-state index in [-0.39, 0.29) is 22.4 Å². The number of anilines is 1. The fourth-order valence-electron chi connectivity index (χ4n) is 3.25. The molecule has 1 aliphatic heterocycles. The molecular weight excluding hydrogens is 631 g/mol. The fourth-order valence-corrected chi connectivity index (χ4v) is 3.99. The molecule has 4 rings (SSSR count). The predicted molar refractivity (Wildman–Crippen MR) is 140 cm³/mol. The zero-order valence-electron chi connectivity index (χ0n) is 18.1. The number of hydrogen-bond donors (Lipinski definition) is 1. The van der Waals surface area contributed by atoms with Crippen molar-refractivity contribution in [1.82, 2.24) is 5.32 Å². The number of nitrogens with zero attached hydrogens (tertiary/aromatic N) is 1. The van der Waals surface area contributed by atoms with Gasteiger partial charge in [-0.05, 0) is 95.4 Å². The highest BCUT2D eigenvalue weighted by molar-refractivity contribution is 14.1. The predicted octanol–water partition coefficient (Wildman–Crippen LogP) is 4.95. The van der Waals surface area contributed by atoms with Gasteiger partial charge in [0.25, 0.3) is 11.8 Å². The minimum atomic E-state index is -0.853. The molecule has 0 radical (unpaired) electrons. The van der Waals surface area contributed by atoms with Gasteiger partial charge in [0.05, 0.1) is 18.4 Å². The highest BCUT2D eigenvalue weighted by Gasteiger charge is 2.37. The van der Waals surface area contributed by atoms with Crippen molar-refractivity contribution in [2.24, 2.45) is 0 Å². The minimum absolute atomic E-state index is 0.125. The zero-order chi connectivity index (χ0) is 25.1. The quantitative estimate of drug-likeness (QED) is 0.138. The number of urea groups is 1.